The van der Waals surface area contributed by atoms with E-state index in [2.05, 4.69) is 18.7 Å². The zero-order chi connectivity index (χ0) is 20.1. The van der Waals surface area contributed by atoms with Gasteiger partial charge in [-0.15, -0.1) is 6.58 Å². The summed E-state index contributed by atoms with van der Waals surface area (Å²) in [7, 11) is 0. The molecule has 0 aromatic heterocycles. The third-order valence-corrected chi connectivity index (χ3v) is 8.00. The Morgan fingerprint density at radius 3 is 1.97 bits per heavy atom. The molecule has 0 unspecified atom stereocenters. The molecule has 1 aromatic rings. The zero-order valence-corrected chi connectivity index (χ0v) is 18.5. The van der Waals surface area contributed by atoms with Gasteiger partial charge in [0.25, 0.3) is 0 Å². The van der Waals surface area contributed by atoms with E-state index in [1.54, 1.807) is 0 Å². The molecule has 0 bridgehead atoms. The lowest BCUT2D eigenvalue weighted by Crippen LogP contribution is -2.39. The number of hydrogen-bond donors (Lipinski definition) is 0. The van der Waals surface area contributed by atoms with Crippen molar-refractivity contribution in [2.75, 3.05) is 13.2 Å². The van der Waals surface area contributed by atoms with Crippen LogP contribution in [0.1, 0.15) is 75.7 Å². The Bertz CT molecular complexity index is 619. The van der Waals surface area contributed by atoms with Crippen molar-refractivity contribution in [2.45, 2.75) is 76.4 Å². The highest BCUT2D eigenvalue weighted by Gasteiger charge is 2.35. The summed E-state index contributed by atoms with van der Waals surface area (Å²) in [4.78, 5) is 0. The lowest BCUT2D eigenvalue weighted by Gasteiger charge is -2.41. The molecule has 29 heavy (non-hydrogen) atoms. The van der Waals surface area contributed by atoms with E-state index in [-0.39, 0.29) is 6.29 Å². The first kappa shape index (κ1) is 21.4. The highest BCUT2D eigenvalue weighted by atomic mass is 35.5. The minimum absolute atomic E-state index is 0.0524. The topological polar surface area (TPSA) is 18.5 Å². The molecule has 1 aliphatic heterocycles. The first-order valence-electron chi connectivity index (χ1n) is 11.8. The van der Waals surface area contributed by atoms with Crippen molar-refractivity contribution >= 4 is 11.6 Å². The highest BCUT2D eigenvalue weighted by Crippen LogP contribution is 2.45. The summed E-state index contributed by atoms with van der Waals surface area (Å²) in [5.41, 5.74) is 1.48. The van der Waals surface area contributed by atoms with E-state index in [4.69, 9.17) is 21.1 Å². The first-order valence-corrected chi connectivity index (χ1v) is 12.2. The molecule has 2 aliphatic carbocycles. The molecule has 2 saturated carbocycles. The van der Waals surface area contributed by atoms with E-state index in [0.717, 1.165) is 48.8 Å². The van der Waals surface area contributed by atoms with Gasteiger partial charge in [-0.05, 0) is 99.7 Å². The first-order chi connectivity index (χ1) is 14.2. The van der Waals surface area contributed by atoms with Gasteiger partial charge in [0.1, 0.15) is 0 Å². The second kappa shape index (κ2) is 10.5. The van der Waals surface area contributed by atoms with Crippen LogP contribution >= 0.6 is 11.6 Å². The van der Waals surface area contributed by atoms with Crippen LogP contribution in [0.5, 0.6) is 0 Å². The molecule has 3 fully saturated rings. The van der Waals surface area contributed by atoms with Gasteiger partial charge in [-0.25, -0.2) is 0 Å². The largest absolute Gasteiger partial charge is 0.352 e. The number of halogens is 1. The predicted octanol–water partition coefficient (Wildman–Crippen LogP) is 7.38. The summed E-state index contributed by atoms with van der Waals surface area (Å²) >= 11 is 6.05. The minimum Gasteiger partial charge on any atom is -0.352 e. The Kier molecular flexibility index (Phi) is 7.72. The maximum Gasteiger partial charge on any atom is 0.160 e. The average molecular weight is 417 g/mol. The highest BCUT2D eigenvalue weighted by molar-refractivity contribution is 6.30. The maximum atomic E-state index is 6.11. The van der Waals surface area contributed by atoms with Crippen LogP contribution < -0.4 is 0 Å². The maximum absolute atomic E-state index is 6.11. The summed E-state index contributed by atoms with van der Waals surface area (Å²) in [5, 5.41) is 0.845. The quantitative estimate of drug-likeness (QED) is 0.450. The standard InChI is InChI=1S/C26H37ClO2/c1-2-3-4-19-17-28-26(29-18-19)24-11-9-22(10-12-24)20-5-7-21(8-6-20)23-13-15-25(27)16-14-23/h2,13-16,19-22,24,26H,1,3-12,17-18H2. The van der Waals surface area contributed by atoms with Crippen molar-refractivity contribution in [3.8, 4) is 0 Å². The Balaban J connectivity index is 1.18. The van der Waals surface area contributed by atoms with E-state index in [0.29, 0.717) is 11.8 Å². The van der Waals surface area contributed by atoms with Crippen LogP contribution in [0.2, 0.25) is 5.02 Å². The summed E-state index contributed by atoms with van der Waals surface area (Å²) in [5.74, 6) is 3.74. The van der Waals surface area contributed by atoms with Crippen LogP contribution in [0.15, 0.2) is 36.9 Å². The smallest absolute Gasteiger partial charge is 0.160 e. The number of allylic oxidation sites excluding steroid dienone is 1. The Morgan fingerprint density at radius 1 is 0.828 bits per heavy atom. The van der Waals surface area contributed by atoms with E-state index < -0.39 is 0 Å². The van der Waals surface area contributed by atoms with Crippen LogP contribution in [-0.2, 0) is 9.47 Å². The van der Waals surface area contributed by atoms with Crippen molar-refractivity contribution in [1.29, 1.82) is 0 Å². The van der Waals surface area contributed by atoms with Gasteiger partial charge in [0.05, 0.1) is 13.2 Å². The molecule has 160 valence electrons. The van der Waals surface area contributed by atoms with Gasteiger partial charge in [-0.1, -0.05) is 29.8 Å². The molecule has 0 N–H and O–H groups in total. The van der Waals surface area contributed by atoms with Crippen LogP contribution in [0.25, 0.3) is 0 Å². The average Bonchev–Trinajstić information content (AvgIpc) is 2.79. The van der Waals surface area contributed by atoms with Crippen LogP contribution in [-0.4, -0.2) is 19.5 Å². The molecule has 0 spiro atoms. The van der Waals surface area contributed by atoms with Gasteiger partial charge in [-0.3, -0.25) is 0 Å². The van der Waals surface area contributed by atoms with E-state index >= 15 is 0 Å². The van der Waals surface area contributed by atoms with E-state index in [1.165, 1.54) is 56.9 Å². The fourth-order valence-electron chi connectivity index (χ4n) is 5.90. The monoisotopic (exact) mass is 416 g/mol. The summed E-state index contributed by atoms with van der Waals surface area (Å²) in [6.45, 7) is 5.55. The molecule has 0 radical (unpaired) electrons. The SMILES string of the molecule is C=CCCC1COC(C2CCC(C3CCC(c4ccc(Cl)cc4)CC3)CC2)OC1. The Morgan fingerprint density at radius 2 is 1.38 bits per heavy atom. The lowest BCUT2D eigenvalue weighted by molar-refractivity contribution is -0.230. The fourth-order valence-corrected chi connectivity index (χ4v) is 6.02. The molecule has 1 heterocycles. The van der Waals surface area contributed by atoms with E-state index in [1.807, 2.05) is 18.2 Å². The molecule has 4 rings (SSSR count). The Hall–Kier alpha value is -0.830. The van der Waals surface area contributed by atoms with Gasteiger partial charge in [0, 0.05) is 16.9 Å². The molecular formula is C26H37ClO2. The lowest BCUT2D eigenvalue weighted by atomic mass is 9.68. The van der Waals surface area contributed by atoms with Gasteiger partial charge in [0.2, 0.25) is 0 Å². The Labute approximate surface area is 182 Å². The fraction of sp³-hybridized carbons (Fsp3) is 0.692. The van der Waals surface area contributed by atoms with Gasteiger partial charge in [0.15, 0.2) is 6.29 Å². The third kappa shape index (κ3) is 5.66. The van der Waals surface area contributed by atoms with Crippen molar-refractivity contribution in [3.63, 3.8) is 0 Å². The van der Waals surface area contributed by atoms with Crippen molar-refractivity contribution in [2.24, 2.45) is 23.7 Å². The van der Waals surface area contributed by atoms with Gasteiger partial charge in [-0.2, -0.15) is 0 Å². The van der Waals surface area contributed by atoms with Crippen molar-refractivity contribution < 1.29 is 9.47 Å². The van der Waals surface area contributed by atoms with Crippen molar-refractivity contribution in [3.05, 3.63) is 47.5 Å². The predicted molar refractivity (Wildman–Crippen MR) is 120 cm³/mol. The van der Waals surface area contributed by atoms with E-state index in [9.17, 15) is 0 Å². The number of ether oxygens (including phenoxy) is 2. The summed E-state index contributed by atoms with van der Waals surface area (Å²) in [6, 6.07) is 8.54. The van der Waals surface area contributed by atoms with Crippen molar-refractivity contribution in [1.82, 2.24) is 0 Å². The number of benzene rings is 1. The van der Waals surface area contributed by atoms with Gasteiger partial charge >= 0.3 is 0 Å². The normalized spacial score (nSPS) is 35.9. The van der Waals surface area contributed by atoms with Gasteiger partial charge < -0.3 is 9.47 Å². The zero-order valence-electron chi connectivity index (χ0n) is 17.7. The molecule has 1 aromatic carbocycles. The summed E-state index contributed by atoms with van der Waals surface area (Å²) in [6.07, 6.45) is 15.0. The molecular weight excluding hydrogens is 380 g/mol. The second-order valence-corrected chi connectivity index (χ2v) is 10.0. The molecule has 0 amide bonds. The molecule has 3 heteroatoms. The van der Waals surface area contributed by atoms with Crippen LogP contribution in [0, 0.1) is 23.7 Å². The second-order valence-electron chi connectivity index (χ2n) is 9.61. The van der Waals surface area contributed by atoms with Crippen LogP contribution in [0.3, 0.4) is 0 Å². The summed E-state index contributed by atoms with van der Waals surface area (Å²) < 4.78 is 12.2. The molecule has 3 aliphatic rings. The molecule has 0 atom stereocenters. The minimum atomic E-state index is 0.0524. The van der Waals surface area contributed by atoms with Crippen LogP contribution in [0.4, 0.5) is 0 Å². The number of hydrogen-bond acceptors (Lipinski definition) is 2. The third-order valence-electron chi connectivity index (χ3n) is 7.75. The molecule has 2 nitrogen and oxygen atoms in total. The number of rotatable bonds is 6. The molecule has 1 saturated heterocycles.